The summed E-state index contributed by atoms with van der Waals surface area (Å²) in [6, 6.07) is -0.688. The fourth-order valence-electron chi connectivity index (χ4n) is 7.10. The van der Waals surface area contributed by atoms with Gasteiger partial charge in [-0.05, 0) is 69.2 Å². The van der Waals surface area contributed by atoms with Crippen molar-refractivity contribution < 1.29 is 82.5 Å². The standard InChI is InChI=1S/C44H69N7O17S/c1-43(2,3)69(68,44(4,5)6)27-14-12-26(13-15-27)37(58)47-25-22-35(55)49-28(38(59)60)10-7-8-23-45-32(52)19-20-33(53)46-24-9-11-29(39(61)62)48-34(54)18-16-30(40(63)64)50-42(67)51-31(41(65)66)17-21-36(56)57/h12-15,28-31,69H,7-11,16-25H2,1-6H3,(H,45,52)(H,46,53)(H,47,58)(H,48,54)(H,49,55)(H,56,57)(H,59,60)(H,61,62)(H,63,64)(H,65,66)(H2,50,51,67)/t28-,29-,30+,31+/m1/s1. The van der Waals surface area contributed by atoms with E-state index in [9.17, 15) is 72.3 Å². The number of aliphatic carboxylic acids is 5. The minimum absolute atomic E-state index is 0.0178. The maximum absolute atomic E-state index is 14.2. The lowest BCUT2D eigenvalue weighted by Gasteiger charge is -2.46. The number of hydrogen-bond acceptors (Lipinski definition) is 12. The average Bonchev–Trinajstić information content (AvgIpc) is 3.24. The Morgan fingerprint density at radius 2 is 0.870 bits per heavy atom. The lowest BCUT2D eigenvalue weighted by molar-refractivity contribution is -0.142. The zero-order chi connectivity index (χ0) is 52.7. The highest BCUT2D eigenvalue weighted by Gasteiger charge is 2.42. The number of carbonyl (C=O) groups excluding carboxylic acids is 6. The largest absolute Gasteiger partial charge is 0.481 e. The number of unbranched alkanes of at least 4 members (excludes halogenated alkanes) is 1. The molecule has 1 aromatic carbocycles. The van der Waals surface area contributed by atoms with Gasteiger partial charge in [-0.1, -0.05) is 51.5 Å². The Bertz CT molecular complexity index is 2030. The third-order valence-electron chi connectivity index (χ3n) is 10.6. The molecule has 0 unspecified atom stereocenters. The summed E-state index contributed by atoms with van der Waals surface area (Å²) in [4.78, 5) is 132. The molecule has 25 heteroatoms. The van der Waals surface area contributed by atoms with Gasteiger partial charge in [-0.15, -0.1) is 0 Å². The van der Waals surface area contributed by atoms with Crippen LogP contribution in [0, 0.1) is 0 Å². The fraction of sp³-hybridized carbons (Fsp3) is 0.614. The smallest absolute Gasteiger partial charge is 0.326 e. The SMILES string of the molecule is CC(C)(C)[SH](=O)(c1ccc(C(=O)NCCC(=O)N[C@H](CCCCNC(=O)CCC(=O)NCCC[C@@H](NC(=O)CC[C@H](NC(=O)N[C@@H](CCC(=O)O)C(=O)O)C(=O)O)C(=O)O)C(=O)O)cc1)C(C)(C)C. The van der Waals surface area contributed by atoms with Crippen molar-refractivity contribution in [2.75, 3.05) is 19.6 Å². The first-order chi connectivity index (χ1) is 32.0. The third kappa shape index (κ3) is 21.9. The molecule has 24 nitrogen and oxygen atoms in total. The lowest BCUT2D eigenvalue weighted by atomic mass is 10.1. The zero-order valence-corrected chi connectivity index (χ0v) is 40.7. The quantitative estimate of drug-likeness (QED) is 0.0360. The molecule has 4 atom stereocenters. The van der Waals surface area contributed by atoms with E-state index >= 15 is 0 Å². The van der Waals surface area contributed by atoms with E-state index in [0.717, 1.165) is 0 Å². The van der Waals surface area contributed by atoms with Crippen LogP contribution in [0.5, 0.6) is 0 Å². The van der Waals surface area contributed by atoms with Gasteiger partial charge in [0.05, 0.1) is 0 Å². The molecular formula is C44H69N7O17S. The van der Waals surface area contributed by atoms with Gasteiger partial charge < -0.3 is 62.8 Å². The first-order valence-corrected chi connectivity index (χ1v) is 24.0. The fourth-order valence-corrected chi connectivity index (χ4v) is 11.2. The van der Waals surface area contributed by atoms with Crippen LogP contribution >= 0.6 is 0 Å². The topological polar surface area (TPSA) is 390 Å². The highest BCUT2D eigenvalue weighted by molar-refractivity contribution is 8.05. The Morgan fingerprint density at radius 3 is 1.30 bits per heavy atom. The molecule has 0 fully saturated rings. The molecule has 0 radical (unpaired) electrons. The number of rotatable bonds is 31. The zero-order valence-electron chi connectivity index (χ0n) is 39.8. The second kappa shape index (κ2) is 28.6. The Labute approximate surface area is 400 Å². The number of thiol groups is 1. The molecule has 0 aliphatic carbocycles. The summed E-state index contributed by atoms with van der Waals surface area (Å²) >= 11 is 0. The molecular weight excluding hydrogens is 931 g/mol. The van der Waals surface area contributed by atoms with Crippen molar-refractivity contribution in [3.05, 3.63) is 29.8 Å². The van der Waals surface area contributed by atoms with Gasteiger partial charge in [-0.2, -0.15) is 0 Å². The normalized spacial score (nSPS) is 13.5. The summed E-state index contributed by atoms with van der Waals surface area (Å²) in [5.41, 5.74) is 0.310. The Morgan fingerprint density at radius 1 is 0.464 bits per heavy atom. The molecule has 1 rings (SSSR count). The number of nitrogens with one attached hydrogen (secondary N) is 7. The Balaban J connectivity index is 2.40. The monoisotopic (exact) mass is 999 g/mol. The second-order valence-electron chi connectivity index (χ2n) is 18.1. The van der Waals surface area contributed by atoms with Crippen LogP contribution in [-0.2, 0) is 53.1 Å². The van der Waals surface area contributed by atoms with E-state index in [4.69, 9.17) is 10.2 Å². The summed E-state index contributed by atoms with van der Waals surface area (Å²) in [7, 11) is -2.90. The van der Waals surface area contributed by atoms with Crippen molar-refractivity contribution >= 4 is 75.3 Å². The summed E-state index contributed by atoms with van der Waals surface area (Å²) in [6.45, 7) is 11.6. The van der Waals surface area contributed by atoms with Gasteiger partial charge in [-0.3, -0.25) is 33.0 Å². The van der Waals surface area contributed by atoms with Gasteiger partial charge in [0, 0.05) is 71.7 Å². The highest BCUT2D eigenvalue weighted by atomic mass is 32.2. The lowest BCUT2D eigenvalue weighted by Crippen LogP contribution is -2.51. The van der Waals surface area contributed by atoms with Crippen molar-refractivity contribution in [2.45, 2.75) is 157 Å². The van der Waals surface area contributed by atoms with Crippen LogP contribution in [0.3, 0.4) is 0 Å². The van der Waals surface area contributed by atoms with Gasteiger partial charge in [0.1, 0.15) is 24.2 Å². The predicted octanol–water partition coefficient (Wildman–Crippen LogP) is 0.732. The van der Waals surface area contributed by atoms with Crippen molar-refractivity contribution in [1.82, 2.24) is 37.2 Å². The van der Waals surface area contributed by atoms with Gasteiger partial charge in [0.25, 0.3) is 5.91 Å². The summed E-state index contributed by atoms with van der Waals surface area (Å²) in [5.74, 6) is -10.1. The molecule has 69 heavy (non-hydrogen) atoms. The Kier molecular flexibility index (Phi) is 25.0. The first-order valence-electron chi connectivity index (χ1n) is 22.3. The molecule has 0 aliphatic rings. The van der Waals surface area contributed by atoms with Crippen molar-refractivity contribution in [1.29, 1.82) is 0 Å². The van der Waals surface area contributed by atoms with Gasteiger partial charge in [-0.25, -0.2) is 24.0 Å². The van der Waals surface area contributed by atoms with Crippen LogP contribution in [0.4, 0.5) is 4.79 Å². The van der Waals surface area contributed by atoms with Gasteiger partial charge >= 0.3 is 35.9 Å². The molecule has 0 saturated carbocycles. The molecule has 0 spiro atoms. The number of carboxylic acids is 5. The molecule has 1 aromatic rings. The molecule has 0 heterocycles. The van der Waals surface area contributed by atoms with Crippen LogP contribution < -0.4 is 37.2 Å². The van der Waals surface area contributed by atoms with E-state index in [-0.39, 0.29) is 58.2 Å². The number of benzene rings is 1. The number of urea groups is 1. The van der Waals surface area contributed by atoms with Crippen LogP contribution in [0.1, 0.15) is 129 Å². The molecule has 7 amide bonds. The summed E-state index contributed by atoms with van der Waals surface area (Å²) in [6.07, 6.45) is -2.10. The minimum atomic E-state index is -2.90. The Hall–Kier alpha value is -6.66. The summed E-state index contributed by atoms with van der Waals surface area (Å²) < 4.78 is 13.2. The van der Waals surface area contributed by atoms with E-state index in [0.29, 0.717) is 23.3 Å². The molecule has 0 saturated heterocycles. The number of amides is 7. The van der Waals surface area contributed by atoms with Crippen LogP contribution in [0.15, 0.2) is 29.2 Å². The number of carbonyl (C=O) groups is 11. The van der Waals surface area contributed by atoms with Crippen molar-refractivity contribution in [3.63, 3.8) is 0 Å². The van der Waals surface area contributed by atoms with E-state index in [1.54, 1.807) is 24.3 Å². The molecule has 388 valence electrons. The van der Waals surface area contributed by atoms with Crippen molar-refractivity contribution in [3.8, 4) is 0 Å². The first kappa shape index (κ1) is 60.4. The summed E-state index contributed by atoms with van der Waals surface area (Å²) in [5, 5.41) is 62.8. The van der Waals surface area contributed by atoms with Crippen LogP contribution in [-0.4, -0.2) is 148 Å². The average molecular weight is 1000 g/mol. The maximum atomic E-state index is 14.2. The maximum Gasteiger partial charge on any atom is 0.326 e. The predicted molar refractivity (Wildman–Crippen MR) is 249 cm³/mol. The third-order valence-corrected chi connectivity index (χ3v) is 15.4. The molecule has 12 N–H and O–H groups in total. The van der Waals surface area contributed by atoms with Crippen LogP contribution in [0.25, 0.3) is 0 Å². The second-order valence-corrected chi connectivity index (χ2v) is 22.5. The molecule has 0 aliphatic heterocycles. The van der Waals surface area contributed by atoms with Crippen LogP contribution in [0.2, 0.25) is 0 Å². The van der Waals surface area contributed by atoms with E-state index in [2.05, 4.69) is 26.6 Å². The van der Waals surface area contributed by atoms with Gasteiger partial charge in [0.2, 0.25) is 23.6 Å². The number of hydrogen-bond donors (Lipinski definition) is 13. The molecule has 0 aromatic heterocycles. The molecule has 0 bridgehead atoms. The highest BCUT2D eigenvalue weighted by Crippen LogP contribution is 2.42. The number of carboxylic acid groups (broad SMARTS) is 5. The van der Waals surface area contributed by atoms with Gasteiger partial charge in [0.15, 0.2) is 0 Å². The minimum Gasteiger partial charge on any atom is -0.481 e. The van der Waals surface area contributed by atoms with E-state index < -0.39 is 135 Å². The van der Waals surface area contributed by atoms with E-state index in [1.807, 2.05) is 52.2 Å². The van der Waals surface area contributed by atoms with Crippen molar-refractivity contribution in [2.24, 2.45) is 0 Å². The van der Waals surface area contributed by atoms with E-state index in [1.165, 1.54) is 0 Å².